The van der Waals surface area contributed by atoms with E-state index >= 15 is 9.13 Å². The Morgan fingerprint density at radius 3 is 1.05 bits per heavy atom. The molecule has 0 saturated carbocycles. The summed E-state index contributed by atoms with van der Waals surface area (Å²) in [5.74, 6) is 0. The van der Waals surface area contributed by atoms with E-state index in [1.54, 1.807) is 0 Å². The van der Waals surface area contributed by atoms with Gasteiger partial charge in [0.25, 0.3) is 0 Å². The van der Waals surface area contributed by atoms with Gasteiger partial charge in [-0.1, -0.05) is 322 Å². The Morgan fingerprint density at radius 1 is 0.213 bits per heavy atom. The Labute approximate surface area is 622 Å². The summed E-state index contributed by atoms with van der Waals surface area (Å²) in [4.78, 5) is 10.2. The van der Waals surface area contributed by atoms with Gasteiger partial charge in [0, 0.05) is 53.4 Å². The average molecular weight is 1420 g/mol. The topological polar surface area (TPSA) is 68.7 Å². The summed E-state index contributed by atoms with van der Waals surface area (Å²) in [5, 5.41) is 21.2. The normalized spacial score (nSPS) is 12.1. The average Bonchev–Trinajstić information content (AvgIpc) is 0.947. The maximum atomic E-state index is 15.6. The molecular formula is C100H64N4O2P2. The van der Waals surface area contributed by atoms with E-state index in [0.717, 1.165) is 147 Å². The lowest BCUT2D eigenvalue weighted by molar-refractivity contribution is 0.592. The van der Waals surface area contributed by atoms with Crippen LogP contribution in [0.3, 0.4) is 0 Å². The van der Waals surface area contributed by atoms with E-state index in [0.29, 0.717) is 0 Å². The Bertz CT molecular complexity index is 7380. The fourth-order valence-electron chi connectivity index (χ4n) is 17.2. The molecular weight excluding hydrogens is 1350 g/mol. The van der Waals surface area contributed by atoms with Crippen LogP contribution in [0.4, 0.5) is 0 Å². The first-order valence-corrected chi connectivity index (χ1v) is 40.1. The monoisotopic (exact) mass is 1410 g/mol. The lowest BCUT2D eigenvalue weighted by Crippen LogP contribution is -2.25. The predicted molar refractivity (Wildman–Crippen MR) is 457 cm³/mol. The standard InChI is InChI=1S/C53H33N2OP.C47H31N2OP/c56-57(39-11-3-1-4-12-39,40-13-5-2-6-14-40)50-32-27-37-24-29-43-41(28-23-36-25-31-45(50)52(37)51(36)43)35-21-19-34(20-22-35)38-26-30-44-46(33-38)42-15-7-9-17-48(42)55-49-18-10-8-16-47(49)54-53(44)55;50-51(35-13-3-1-4-14-35,36-15-5-2-6-16-36)46-24-12-19-38-37(18-11-20-40(38)46)33-27-25-32(26-28-33)34-29-30-41-42(31-34)39-17-7-9-22-44(39)49-45-23-10-8-21-43(45)48-47(41)49/h1-33H;1-31H. The molecule has 0 bridgehead atoms. The molecule has 0 spiro atoms. The molecule has 18 aromatic carbocycles. The van der Waals surface area contributed by atoms with Crippen molar-refractivity contribution in [1.29, 1.82) is 0 Å². The molecule has 4 aromatic heterocycles. The van der Waals surface area contributed by atoms with Crippen molar-refractivity contribution in [2.45, 2.75) is 0 Å². The van der Waals surface area contributed by atoms with Crippen LogP contribution in [-0.2, 0) is 9.13 Å². The third kappa shape index (κ3) is 9.88. The van der Waals surface area contributed by atoms with Gasteiger partial charge >= 0.3 is 0 Å². The van der Waals surface area contributed by atoms with Gasteiger partial charge < -0.3 is 9.13 Å². The van der Waals surface area contributed by atoms with Gasteiger partial charge in [-0.2, -0.15) is 0 Å². The van der Waals surface area contributed by atoms with Gasteiger partial charge in [0.2, 0.25) is 0 Å². The van der Waals surface area contributed by atoms with E-state index in [1.807, 2.05) is 140 Å². The lowest BCUT2D eigenvalue weighted by Gasteiger charge is -2.23. The van der Waals surface area contributed by atoms with Crippen molar-refractivity contribution >= 4 is 166 Å². The Morgan fingerprint density at radius 2 is 0.556 bits per heavy atom. The van der Waals surface area contributed by atoms with Crippen LogP contribution in [0, 0.1) is 0 Å². The van der Waals surface area contributed by atoms with Crippen LogP contribution in [-0.4, -0.2) is 18.8 Å². The summed E-state index contributed by atoms with van der Waals surface area (Å²) in [6.07, 6.45) is 0. The minimum absolute atomic E-state index is 0.836. The fourth-order valence-corrected chi connectivity index (χ4v) is 22.9. The van der Waals surface area contributed by atoms with Crippen molar-refractivity contribution < 1.29 is 9.13 Å². The number of aromatic nitrogens is 4. The highest BCUT2D eigenvalue weighted by Crippen LogP contribution is 2.49. The number of fused-ring (bicyclic) bond motifs is 17. The van der Waals surface area contributed by atoms with Crippen molar-refractivity contribution in [1.82, 2.24) is 18.8 Å². The number of pyridine rings is 2. The van der Waals surface area contributed by atoms with Crippen LogP contribution < -0.4 is 31.8 Å². The first-order chi connectivity index (χ1) is 53.3. The van der Waals surface area contributed by atoms with Gasteiger partial charge in [-0.25, -0.2) is 9.97 Å². The number of rotatable bonds is 10. The molecule has 6 nitrogen and oxygen atoms in total. The summed E-state index contributed by atoms with van der Waals surface area (Å²) in [6.45, 7) is 0. The first kappa shape index (κ1) is 63.2. The molecule has 4 heterocycles. The van der Waals surface area contributed by atoms with E-state index in [9.17, 15) is 0 Å². The highest BCUT2D eigenvalue weighted by molar-refractivity contribution is 7.86. The number of hydrogen-bond donors (Lipinski definition) is 0. The molecule has 0 radical (unpaired) electrons. The molecule has 506 valence electrons. The summed E-state index contributed by atoms with van der Waals surface area (Å²) >= 11 is 0. The van der Waals surface area contributed by atoms with Crippen LogP contribution >= 0.6 is 14.3 Å². The molecule has 0 fully saturated rings. The molecule has 0 amide bonds. The number of imidazole rings is 2. The second-order valence-electron chi connectivity index (χ2n) is 28.1. The van der Waals surface area contributed by atoms with E-state index < -0.39 is 14.3 Å². The number of para-hydroxylation sites is 6. The highest BCUT2D eigenvalue weighted by Gasteiger charge is 2.34. The van der Waals surface area contributed by atoms with E-state index in [2.05, 4.69) is 258 Å². The summed E-state index contributed by atoms with van der Waals surface area (Å²) in [7, 11) is -6.34. The van der Waals surface area contributed by atoms with Gasteiger partial charge in [0.1, 0.15) is 11.3 Å². The molecule has 0 aliphatic carbocycles. The zero-order valence-electron chi connectivity index (χ0n) is 58.5. The molecule has 0 unspecified atom stereocenters. The van der Waals surface area contributed by atoms with E-state index in [-0.39, 0.29) is 0 Å². The molecule has 0 aliphatic rings. The minimum Gasteiger partial charge on any atom is -0.309 e. The maximum absolute atomic E-state index is 15.6. The smallest absolute Gasteiger partial charge is 0.171 e. The Balaban J connectivity index is 0.000000139. The largest absolute Gasteiger partial charge is 0.309 e. The van der Waals surface area contributed by atoms with Gasteiger partial charge in [-0.05, 0) is 165 Å². The second-order valence-corrected chi connectivity index (χ2v) is 33.6. The molecule has 0 saturated heterocycles. The van der Waals surface area contributed by atoms with Crippen molar-refractivity contribution in [3.63, 3.8) is 0 Å². The highest BCUT2D eigenvalue weighted by atomic mass is 31.2. The van der Waals surface area contributed by atoms with Gasteiger partial charge in [-0.3, -0.25) is 8.80 Å². The van der Waals surface area contributed by atoms with Gasteiger partial charge in [0.05, 0.1) is 33.1 Å². The van der Waals surface area contributed by atoms with Crippen LogP contribution in [0.2, 0.25) is 0 Å². The molecule has 22 aromatic rings. The van der Waals surface area contributed by atoms with Crippen molar-refractivity contribution in [2.24, 2.45) is 0 Å². The van der Waals surface area contributed by atoms with Crippen LogP contribution in [0.5, 0.6) is 0 Å². The van der Waals surface area contributed by atoms with Crippen LogP contribution in [0.25, 0.3) is 164 Å². The van der Waals surface area contributed by atoms with E-state index in [4.69, 9.17) is 9.97 Å². The zero-order chi connectivity index (χ0) is 71.6. The molecule has 22 rings (SSSR count). The summed E-state index contributed by atoms with van der Waals surface area (Å²) in [5.41, 5.74) is 17.7. The van der Waals surface area contributed by atoms with Crippen molar-refractivity contribution in [2.75, 3.05) is 0 Å². The molecule has 0 N–H and O–H groups in total. The third-order valence-electron chi connectivity index (χ3n) is 22.3. The zero-order valence-corrected chi connectivity index (χ0v) is 60.2. The lowest BCUT2D eigenvalue weighted by atomic mass is 9.89. The quantitative estimate of drug-likeness (QED) is 0.101. The van der Waals surface area contributed by atoms with Gasteiger partial charge in [-0.15, -0.1) is 0 Å². The SMILES string of the molecule is O=P(c1ccccc1)(c1ccccc1)c1ccc2ccc3c(-c4ccc(-c5ccc6c(c5)c5ccccc5n5c7ccccc7nc65)cc4)ccc4ccc1c2c43.O=P(c1ccccc1)(c1ccccc1)c1cccc2c(-c3ccc(-c4ccc5c(c4)c4ccccc4n4c6ccccc6nc54)cc3)cccc12. The predicted octanol–water partition coefficient (Wildman–Crippen LogP) is 23.6. The first-order valence-electron chi connectivity index (χ1n) is 36.6. The number of hydrogen-bond acceptors (Lipinski definition) is 4. The molecule has 8 heteroatoms. The molecule has 0 atom stereocenters. The van der Waals surface area contributed by atoms with Crippen molar-refractivity contribution in [3.05, 3.63) is 388 Å². The number of nitrogens with zero attached hydrogens (tertiary/aromatic N) is 4. The summed E-state index contributed by atoms with van der Waals surface area (Å²) in [6, 6.07) is 135. The Hall–Kier alpha value is -13.3. The van der Waals surface area contributed by atoms with Crippen LogP contribution in [0.1, 0.15) is 0 Å². The molecule has 0 aliphatic heterocycles. The van der Waals surface area contributed by atoms with E-state index in [1.165, 1.54) is 48.8 Å². The van der Waals surface area contributed by atoms with Crippen molar-refractivity contribution in [3.8, 4) is 44.5 Å². The minimum atomic E-state index is -3.19. The fraction of sp³-hybridized carbons (Fsp3) is 0. The van der Waals surface area contributed by atoms with Crippen LogP contribution in [0.15, 0.2) is 388 Å². The molecule has 108 heavy (non-hydrogen) atoms. The third-order valence-corrected chi connectivity index (χ3v) is 28.5. The maximum Gasteiger partial charge on any atom is 0.171 e. The Kier molecular flexibility index (Phi) is 14.7. The summed E-state index contributed by atoms with van der Waals surface area (Å²) < 4.78 is 35.6. The second kappa shape index (κ2) is 25.2. The number of benzene rings is 18. The van der Waals surface area contributed by atoms with Gasteiger partial charge in [0.15, 0.2) is 14.3 Å².